The molecule has 24 heavy (non-hydrogen) atoms. The molecule has 0 radical (unpaired) electrons. The Morgan fingerprint density at radius 1 is 1.29 bits per heavy atom. The summed E-state index contributed by atoms with van der Waals surface area (Å²) in [5, 5.41) is 0. The van der Waals surface area contributed by atoms with Crippen molar-refractivity contribution in [3.63, 3.8) is 0 Å². The molecule has 2 aliphatic heterocycles. The van der Waals surface area contributed by atoms with E-state index in [-0.39, 0.29) is 11.6 Å². The van der Waals surface area contributed by atoms with Crippen LogP contribution in [0.4, 0.5) is 0 Å². The number of rotatable bonds is 3. The van der Waals surface area contributed by atoms with Gasteiger partial charge in [0.15, 0.2) is 0 Å². The van der Waals surface area contributed by atoms with E-state index in [1.807, 2.05) is 38.2 Å². The van der Waals surface area contributed by atoms with Crippen molar-refractivity contribution in [2.45, 2.75) is 25.0 Å². The molecule has 3 rings (SSSR count). The number of piperidine rings is 1. The summed E-state index contributed by atoms with van der Waals surface area (Å²) in [7, 11) is 4.89. The average Bonchev–Trinajstić information content (AvgIpc) is 2.82. The van der Waals surface area contributed by atoms with Gasteiger partial charge in [-0.15, -0.1) is 0 Å². The normalized spacial score (nSPS) is 26.8. The Morgan fingerprint density at radius 2 is 1.96 bits per heavy atom. The third kappa shape index (κ3) is 2.57. The first-order chi connectivity index (χ1) is 11.4. The number of likely N-dealkylation sites (tertiary alicyclic amines) is 1. The Kier molecular flexibility index (Phi) is 4.09. The summed E-state index contributed by atoms with van der Waals surface area (Å²) in [6.45, 7) is 2.36. The van der Waals surface area contributed by atoms with Crippen molar-refractivity contribution < 1.29 is 23.8 Å². The minimum Gasteiger partial charge on any atom is -0.497 e. The molecule has 0 aliphatic carbocycles. The molecule has 1 fully saturated rings. The lowest BCUT2D eigenvalue weighted by Crippen LogP contribution is -2.47. The second-order valence-corrected chi connectivity index (χ2v) is 6.37. The summed E-state index contributed by atoms with van der Waals surface area (Å²) in [5.74, 6) is -0.434. The third-order valence-electron chi connectivity index (χ3n) is 4.83. The van der Waals surface area contributed by atoms with E-state index in [1.165, 1.54) is 7.11 Å². The molecular formula is C18H21NO5. The molecule has 2 aliphatic rings. The van der Waals surface area contributed by atoms with Gasteiger partial charge in [0.2, 0.25) is 0 Å². The van der Waals surface area contributed by atoms with E-state index in [9.17, 15) is 9.59 Å². The van der Waals surface area contributed by atoms with Crippen molar-refractivity contribution in [1.82, 2.24) is 4.90 Å². The number of carbonyl (C=O) groups is 2. The average molecular weight is 331 g/mol. The molecule has 0 spiro atoms. The molecule has 0 unspecified atom stereocenters. The first-order valence-corrected chi connectivity index (χ1v) is 7.79. The molecule has 0 saturated carbocycles. The summed E-state index contributed by atoms with van der Waals surface area (Å²) in [4.78, 5) is 26.3. The lowest BCUT2D eigenvalue weighted by atomic mass is 9.81. The van der Waals surface area contributed by atoms with Gasteiger partial charge in [-0.2, -0.15) is 0 Å². The molecular weight excluding hydrogens is 310 g/mol. The largest absolute Gasteiger partial charge is 0.497 e. The second kappa shape index (κ2) is 5.94. The third-order valence-corrected chi connectivity index (χ3v) is 4.83. The zero-order valence-electron chi connectivity index (χ0n) is 14.3. The van der Waals surface area contributed by atoms with E-state index >= 15 is 0 Å². The number of hydrogen-bond acceptors (Lipinski definition) is 6. The SMILES string of the molecule is COC(=O)C1=C2C[C@@H](c3ccc(OC)cc3)N(C)C[C@@]2(C)OC1=O. The van der Waals surface area contributed by atoms with Crippen LogP contribution in [-0.4, -0.2) is 50.3 Å². The lowest BCUT2D eigenvalue weighted by Gasteiger charge is -2.42. The summed E-state index contributed by atoms with van der Waals surface area (Å²) >= 11 is 0. The summed E-state index contributed by atoms with van der Waals surface area (Å²) in [5.41, 5.74) is 1.08. The second-order valence-electron chi connectivity index (χ2n) is 6.37. The highest BCUT2D eigenvalue weighted by molar-refractivity contribution is 6.16. The van der Waals surface area contributed by atoms with Gasteiger partial charge < -0.3 is 14.2 Å². The maximum atomic E-state index is 12.2. The standard InChI is InChI=1S/C18H21NO5/c1-18-10-19(2)14(11-5-7-12(22-3)8-6-11)9-13(18)15(16(20)23-4)17(21)24-18/h5-8,14H,9-10H2,1-4H3/t14-,18+/m0/s1. The van der Waals surface area contributed by atoms with Crippen molar-refractivity contribution in [2.75, 3.05) is 27.8 Å². The predicted octanol–water partition coefficient (Wildman–Crippen LogP) is 1.86. The summed E-state index contributed by atoms with van der Waals surface area (Å²) in [6, 6.07) is 7.86. The fourth-order valence-electron chi connectivity index (χ4n) is 3.59. The minimum absolute atomic E-state index is 0.0478. The van der Waals surface area contributed by atoms with Crippen LogP contribution in [0, 0.1) is 0 Å². The van der Waals surface area contributed by atoms with Gasteiger partial charge in [0.25, 0.3) is 0 Å². The Bertz CT molecular complexity index is 709. The minimum atomic E-state index is -0.779. The maximum absolute atomic E-state index is 12.2. The highest BCUT2D eigenvalue weighted by atomic mass is 16.6. The van der Waals surface area contributed by atoms with Crippen LogP contribution in [0.1, 0.15) is 24.9 Å². The molecule has 1 aromatic rings. The van der Waals surface area contributed by atoms with Gasteiger partial charge in [-0.05, 0) is 43.7 Å². The van der Waals surface area contributed by atoms with Crippen LogP contribution < -0.4 is 4.74 Å². The van der Waals surface area contributed by atoms with Crippen LogP contribution >= 0.6 is 0 Å². The molecule has 128 valence electrons. The first-order valence-electron chi connectivity index (χ1n) is 7.79. The Labute approximate surface area is 141 Å². The number of carbonyl (C=O) groups excluding carboxylic acids is 2. The van der Waals surface area contributed by atoms with Crippen LogP contribution in [-0.2, 0) is 19.1 Å². The van der Waals surface area contributed by atoms with E-state index < -0.39 is 17.5 Å². The number of benzene rings is 1. The van der Waals surface area contributed by atoms with Gasteiger partial charge in [-0.25, -0.2) is 9.59 Å². The van der Waals surface area contributed by atoms with Gasteiger partial charge in [0, 0.05) is 12.6 Å². The Hall–Kier alpha value is -2.34. The molecule has 0 N–H and O–H groups in total. The van der Waals surface area contributed by atoms with Gasteiger partial charge >= 0.3 is 11.9 Å². The van der Waals surface area contributed by atoms with Crippen LogP contribution in [0.3, 0.4) is 0 Å². The Balaban J connectivity index is 1.99. The van der Waals surface area contributed by atoms with Crippen molar-refractivity contribution in [3.05, 3.63) is 41.0 Å². The summed E-state index contributed by atoms with van der Waals surface area (Å²) in [6.07, 6.45) is 0.537. The van der Waals surface area contributed by atoms with E-state index in [1.54, 1.807) is 7.11 Å². The van der Waals surface area contributed by atoms with E-state index in [0.29, 0.717) is 13.0 Å². The zero-order valence-corrected chi connectivity index (χ0v) is 14.3. The number of fused-ring (bicyclic) bond motifs is 1. The number of likely N-dealkylation sites (N-methyl/N-ethyl adjacent to an activating group) is 1. The molecule has 2 heterocycles. The van der Waals surface area contributed by atoms with Gasteiger partial charge in [-0.3, -0.25) is 4.90 Å². The smallest absolute Gasteiger partial charge is 0.346 e. The molecule has 0 amide bonds. The molecule has 6 heteroatoms. The van der Waals surface area contributed by atoms with Crippen LogP contribution in [0.2, 0.25) is 0 Å². The zero-order chi connectivity index (χ0) is 17.5. The van der Waals surface area contributed by atoms with Gasteiger partial charge in [0.1, 0.15) is 16.9 Å². The molecule has 0 aromatic heterocycles. The molecule has 2 atom stereocenters. The molecule has 1 saturated heterocycles. The molecule has 1 aromatic carbocycles. The number of esters is 2. The van der Waals surface area contributed by atoms with Crippen molar-refractivity contribution in [2.24, 2.45) is 0 Å². The number of nitrogens with zero attached hydrogens (tertiary/aromatic N) is 1. The first kappa shape index (κ1) is 16.5. The monoisotopic (exact) mass is 331 g/mol. The lowest BCUT2D eigenvalue weighted by molar-refractivity contribution is -0.150. The molecule has 0 bridgehead atoms. The number of methoxy groups -OCH3 is 2. The summed E-state index contributed by atoms with van der Waals surface area (Å²) < 4.78 is 15.5. The maximum Gasteiger partial charge on any atom is 0.346 e. The Morgan fingerprint density at radius 3 is 2.54 bits per heavy atom. The van der Waals surface area contributed by atoms with E-state index in [0.717, 1.165) is 16.9 Å². The number of hydrogen-bond donors (Lipinski definition) is 0. The topological polar surface area (TPSA) is 65.1 Å². The predicted molar refractivity (Wildman–Crippen MR) is 86.5 cm³/mol. The van der Waals surface area contributed by atoms with Crippen LogP contribution in [0.25, 0.3) is 0 Å². The number of ether oxygens (including phenoxy) is 3. The van der Waals surface area contributed by atoms with Crippen molar-refractivity contribution >= 4 is 11.9 Å². The van der Waals surface area contributed by atoms with E-state index in [4.69, 9.17) is 14.2 Å². The highest BCUT2D eigenvalue weighted by Crippen LogP contribution is 2.45. The molecule has 6 nitrogen and oxygen atoms in total. The fourth-order valence-corrected chi connectivity index (χ4v) is 3.59. The van der Waals surface area contributed by atoms with Crippen molar-refractivity contribution in [1.29, 1.82) is 0 Å². The van der Waals surface area contributed by atoms with Crippen molar-refractivity contribution in [3.8, 4) is 5.75 Å². The van der Waals surface area contributed by atoms with Crippen LogP contribution in [0.5, 0.6) is 5.75 Å². The van der Waals surface area contributed by atoms with E-state index in [2.05, 4.69) is 4.90 Å². The van der Waals surface area contributed by atoms with Gasteiger partial charge in [0.05, 0.1) is 14.2 Å². The quantitative estimate of drug-likeness (QED) is 0.622. The fraction of sp³-hybridized carbons (Fsp3) is 0.444. The van der Waals surface area contributed by atoms with Crippen LogP contribution in [0.15, 0.2) is 35.4 Å². The van der Waals surface area contributed by atoms with Gasteiger partial charge in [-0.1, -0.05) is 12.1 Å². The highest BCUT2D eigenvalue weighted by Gasteiger charge is 2.51.